The standard InChI is InChI=1S/C10H16N2OS/c1-8-12-6-10(14-8)2-4-11-9-3-5-13-7-9/h6,9,11H,2-5,7H2,1H3. The molecular weight excluding hydrogens is 196 g/mol. The van der Waals surface area contributed by atoms with Gasteiger partial charge in [0.15, 0.2) is 0 Å². The molecule has 14 heavy (non-hydrogen) atoms. The predicted molar refractivity (Wildman–Crippen MR) is 57.8 cm³/mol. The van der Waals surface area contributed by atoms with Crippen LogP contribution in [0.25, 0.3) is 0 Å². The maximum Gasteiger partial charge on any atom is 0.0896 e. The minimum Gasteiger partial charge on any atom is -0.380 e. The van der Waals surface area contributed by atoms with Crippen molar-refractivity contribution in [2.24, 2.45) is 0 Å². The second-order valence-electron chi connectivity index (χ2n) is 3.61. The second kappa shape index (κ2) is 4.87. The van der Waals surface area contributed by atoms with Crippen LogP contribution in [0.2, 0.25) is 0 Å². The molecule has 0 saturated carbocycles. The zero-order chi connectivity index (χ0) is 9.80. The summed E-state index contributed by atoms with van der Waals surface area (Å²) in [5.41, 5.74) is 0. The van der Waals surface area contributed by atoms with Crippen LogP contribution in [-0.4, -0.2) is 30.8 Å². The number of rotatable bonds is 4. The number of nitrogens with zero attached hydrogens (tertiary/aromatic N) is 1. The molecule has 1 unspecified atom stereocenters. The summed E-state index contributed by atoms with van der Waals surface area (Å²) in [6.45, 7) is 4.88. The van der Waals surface area contributed by atoms with Crippen molar-refractivity contribution in [2.75, 3.05) is 19.8 Å². The van der Waals surface area contributed by atoms with E-state index in [2.05, 4.69) is 10.3 Å². The van der Waals surface area contributed by atoms with E-state index in [4.69, 9.17) is 4.74 Å². The summed E-state index contributed by atoms with van der Waals surface area (Å²) in [4.78, 5) is 5.60. The van der Waals surface area contributed by atoms with Crippen LogP contribution < -0.4 is 5.32 Å². The first kappa shape index (κ1) is 10.1. The number of thiazole rings is 1. The zero-order valence-electron chi connectivity index (χ0n) is 8.45. The molecule has 0 bridgehead atoms. The van der Waals surface area contributed by atoms with Gasteiger partial charge in [-0.25, -0.2) is 4.98 Å². The highest BCUT2D eigenvalue weighted by atomic mass is 32.1. The third-order valence-corrected chi connectivity index (χ3v) is 3.38. The lowest BCUT2D eigenvalue weighted by atomic mass is 10.2. The van der Waals surface area contributed by atoms with E-state index in [0.717, 1.165) is 37.6 Å². The monoisotopic (exact) mass is 212 g/mol. The van der Waals surface area contributed by atoms with E-state index < -0.39 is 0 Å². The van der Waals surface area contributed by atoms with Crippen LogP contribution in [0.15, 0.2) is 6.20 Å². The quantitative estimate of drug-likeness (QED) is 0.818. The van der Waals surface area contributed by atoms with Crippen molar-refractivity contribution in [2.45, 2.75) is 25.8 Å². The van der Waals surface area contributed by atoms with E-state index in [1.54, 1.807) is 11.3 Å². The van der Waals surface area contributed by atoms with Crippen LogP contribution in [0.1, 0.15) is 16.3 Å². The molecule has 1 aliphatic rings. The van der Waals surface area contributed by atoms with E-state index in [0.29, 0.717) is 6.04 Å². The number of aryl methyl sites for hydroxylation is 1. The summed E-state index contributed by atoms with van der Waals surface area (Å²) in [6.07, 6.45) is 4.22. The molecule has 2 rings (SSSR count). The van der Waals surface area contributed by atoms with E-state index in [1.807, 2.05) is 13.1 Å². The fourth-order valence-electron chi connectivity index (χ4n) is 1.62. The lowest BCUT2D eigenvalue weighted by Crippen LogP contribution is -2.30. The fraction of sp³-hybridized carbons (Fsp3) is 0.700. The van der Waals surface area contributed by atoms with Gasteiger partial charge in [0.05, 0.1) is 11.6 Å². The van der Waals surface area contributed by atoms with Gasteiger partial charge in [-0.05, 0) is 19.8 Å². The Bertz CT molecular complexity index is 281. The van der Waals surface area contributed by atoms with Crippen LogP contribution in [0, 0.1) is 6.92 Å². The topological polar surface area (TPSA) is 34.2 Å². The fourth-order valence-corrected chi connectivity index (χ4v) is 2.41. The SMILES string of the molecule is Cc1ncc(CCNC2CCOC2)s1. The first-order valence-corrected chi connectivity index (χ1v) is 5.88. The first-order chi connectivity index (χ1) is 6.84. The molecule has 2 heterocycles. The summed E-state index contributed by atoms with van der Waals surface area (Å²) in [7, 11) is 0. The summed E-state index contributed by atoms with van der Waals surface area (Å²) < 4.78 is 5.29. The normalized spacial score (nSPS) is 21.6. The van der Waals surface area contributed by atoms with Gasteiger partial charge in [-0.3, -0.25) is 0 Å². The molecule has 1 aromatic rings. The molecule has 0 amide bonds. The highest BCUT2D eigenvalue weighted by molar-refractivity contribution is 7.11. The summed E-state index contributed by atoms with van der Waals surface area (Å²) in [5, 5.41) is 4.65. The van der Waals surface area contributed by atoms with Crippen molar-refractivity contribution in [1.29, 1.82) is 0 Å². The van der Waals surface area contributed by atoms with Gasteiger partial charge in [0.2, 0.25) is 0 Å². The van der Waals surface area contributed by atoms with Gasteiger partial charge >= 0.3 is 0 Å². The Kier molecular flexibility index (Phi) is 3.50. The molecular formula is C10H16N2OS. The van der Waals surface area contributed by atoms with Crippen LogP contribution in [0.4, 0.5) is 0 Å². The first-order valence-electron chi connectivity index (χ1n) is 5.07. The van der Waals surface area contributed by atoms with Crippen molar-refractivity contribution in [1.82, 2.24) is 10.3 Å². The maximum atomic E-state index is 5.29. The Labute approximate surface area is 88.5 Å². The molecule has 0 radical (unpaired) electrons. The zero-order valence-corrected chi connectivity index (χ0v) is 9.27. The highest BCUT2D eigenvalue weighted by Gasteiger charge is 2.13. The van der Waals surface area contributed by atoms with E-state index in [9.17, 15) is 0 Å². The van der Waals surface area contributed by atoms with E-state index in [-0.39, 0.29) is 0 Å². The lowest BCUT2D eigenvalue weighted by Gasteiger charge is -2.08. The van der Waals surface area contributed by atoms with Crippen molar-refractivity contribution < 1.29 is 4.74 Å². The molecule has 0 spiro atoms. The Morgan fingerprint density at radius 1 is 1.71 bits per heavy atom. The van der Waals surface area contributed by atoms with Crippen LogP contribution in [-0.2, 0) is 11.2 Å². The molecule has 0 aromatic carbocycles. The molecule has 78 valence electrons. The minimum absolute atomic E-state index is 0.573. The average Bonchev–Trinajstić information content (AvgIpc) is 2.77. The van der Waals surface area contributed by atoms with Gasteiger partial charge in [0.25, 0.3) is 0 Å². The van der Waals surface area contributed by atoms with Crippen molar-refractivity contribution in [3.05, 3.63) is 16.1 Å². The van der Waals surface area contributed by atoms with Gasteiger partial charge in [-0.1, -0.05) is 0 Å². The number of hydrogen-bond acceptors (Lipinski definition) is 4. The Balaban J connectivity index is 1.67. The molecule has 1 N–H and O–H groups in total. The molecule has 1 saturated heterocycles. The molecule has 1 aliphatic heterocycles. The van der Waals surface area contributed by atoms with Crippen LogP contribution in [0.5, 0.6) is 0 Å². The Morgan fingerprint density at radius 2 is 2.64 bits per heavy atom. The molecule has 1 atom stereocenters. The van der Waals surface area contributed by atoms with Crippen molar-refractivity contribution >= 4 is 11.3 Å². The van der Waals surface area contributed by atoms with Gasteiger partial charge in [0, 0.05) is 30.3 Å². The van der Waals surface area contributed by atoms with Crippen LogP contribution in [0.3, 0.4) is 0 Å². The number of aromatic nitrogens is 1. The van der Waals surface area contributed by atoms with Gasteiger partial charge in [-0.2, -0.15) is 0 Å². The maximum absolute atomic E-state index is 5.29. The number of nitrogens with one attached hydrogen (secondary N) is 1. The molecule has 1 aromatic heterocycles. The number of hydrogen-bond donors (Lipinski definition) is 1. The van der Waals surface area contributed by atoms with E-state index >= 15 is 0 Å². The third-order valence-electron chi connectivity index (χ3n) is 2.40. The summed E-state index contributed by atoms with van der Waals surface area (Å²) >= 11 is 1.79. The minimum atomic E-state index is 0.573. The smallest absolute Gasteiger partial charge is 0.0896 e. The molecule has 1 fully saturated rings. The molecule has 3 nitrogen and oxygen atoms in total. The van der Waals surface area contributed by atoms with E-state index in [1.165, 1.54) is 4.88 Å². The summed E-state index contributed by atoms with van der Waals surface area (Å²) in [6, 6.07) is 0.573. The average molecular weight is 212 g/mol. The summed E-state index contributed by atoms with van der Waals surface area (Å²) in [5.74, 6) is 0. The lowest BCUT2D eigenvalue weighted by molar-refractivity contribution is 0.190. The Hall–Kier alpha value is -0.450. The molecule has 0 aliphatic carbocycles. The number of ether oxygens (including phenoxy) is 1. The predicted octanol–water partition coefficient (Wildman–Crippen LogP) is 1.37. The van der Waals surface area contributed by atoms with Gasteiger partial charge in [-0.15, -0.1) is 11.3 Å². The molecule has 4 heteroatoms. The third kappa shape index (κ3) is 2.77. The van der Waals surface area contributed by atoms with Gasteiger partial charge < -0.3 is 10.1 Å². The van der Waals surface area contributed by atoms with Crippen molar-refractivity contribution in [3.8, 4) is 0 Å². The van der Waals surface area contributed by atoms with Crippen molar-refractivity contribution in [3.63, 3.8) is 0 Å². The largest absolute Gasteiger partial charge is 0.380 e. The Morgan fingerprint density at radius 3 is 3.29 bits per heavy atom. The second-order valence-corrected chi connectivity index (χ2v) is 4.93. The van der Waals surface area contributed by atoms with Crippen LogP contribution >= 0.6 is 11.3 Å². The van der Waals surface area contributed by atoms with Gasteiger partial charge in [0.1, 0.15) is 0 Å². The highest BCUT2D eigenvalue weighted by Crippen LogP contribution is 2.11.